The molecule has 0 unspecified atom stereocenters. The van der Waals surface area contributed by atoms with Crippen molar-refractivity contribution >= 4 is 29.0 Å². The predicted octanol–water partition coefficient (Wildman–Crippen LogP) is 4.38. The largest absolute Gasteiger partial charge is 0.496 e. The molecular formula is C15H11Cl2FO3. The molecule has 0 atom stereocenters. The molecule has 0 aliphatic rings. The number of carbonyl (C=O) groups is 1. The minimum absolute atomic E-state index is 0.0749. The van der Waals surface area contributed by atoms with Crippen molar-refractivity contribution in [3.05, 3.63) is 57.3 Å². The van der Waals surface area contributed by atoms with E-state index in [0.29, 0.717) is 5.75 Å². The first kappa shape index (κ1) is 15.6. The summed E-state index contributed by atoms with van der Waals surface area (Å²) in [5, 5.41) is 0.326. The molecular weight excluding hydrogens is 318 g/mol. The molecule has 3 nitrogen and oxygen atoms in total. The smallest absolute Gasteiger partial charge is 0.201 e. The van der Waals surface area contributed by atoms with Crippen LogP contribution in [0, 0.1) is 5.82 Å². The second-order valence-corrected chi connectivity index (χ2v) is 4.93. The van der Waals surface area contributed by atoms with Crippen molar-refractivity contribution in [1.82, 2.24) is 0 Å². The number of carbonyl (C=O) groups excluding carboxylic acids is 1. The van der Waals surface area contributed by atoms with Gasteiger partial charge in [0, 0.05) is 11.6 Å². The Labute approximate surface area is 131 Å². The number of hydrogen-bond donors (Lipinski definition) is 0. The Hall–Kier alpha value is -1.78. The normalized spacial score (nSPS) is 10.3. The van der Waals surface area contributed by atoms with E-state index in [9.17, 15) is 9.18 Å². The van der Waals surface area contributed by atoms with Crippen LogP contribution in [0.5, 0.6) is 11.5 Å². The van der Waals surface area contributed by atoms with Crippen molar-refractivity contribution in [1.29, 1.82) is 0 Å². The van der Waals surface area contributed by atoms with Crippen LogP contribution in [-0.4, -0.2) is 20.0 Å². The molecule has 2 rings (SSSR count). The van der Waals surface area contributed by atoms with Crippen molar-refractivity contribution in [2.45, 2.75) is 0 Å². The highest BCUT2D eigenvalue weighted by atomic mass is 35.5. The summed E-state index contributed by atoms with van der Waals surface area (Å²) in [6.07, 6.45) is 0. The highest BCUT2D eigenvalue weighted by Gasteiger charge is 2.22. The molecule has 6 heteroatoms. The number of hydrogen-bond acceptors (Lipinski definition) is 3. The lowest BCUT2D eigenvalue weighted by atomic mass is 10.0. The third-order valence-electron chi connectivity index (χ3n) is 2.91. The summed E-state index contributed by atoms with van der Waals surface area (Å²) in [5.74, 6) is -0.844. The van der Waals surface area contributed by atoms with Gasteiger partial charge in [-0.2, -0.15) is 0 Å². The van der Waals surface area contributed by atoms with Crippen LogP contribution in [0.2, 0.25) is 10.0 Å². The van der Waals surface area contributed by atoms with Gasteiger partial charge in [-0.05, 0) is 18.2 Å². The van der Waals surface area contributed by atoms with Gasteiger partial charge in [-0.25, -0.2) is 4.39 Å². The standard InChI is InChI=1S/C15H11Cl2FO3/c1-20-12-5-3-4-11(18)14(12)15(19)8-6-10(17)13(21-2)7-9(8)16/h3-7H,1-2H3. The van der Waals surface area contributed by atoms with Gasteiger partial charge in [0.25, 0.3) is 0 Å². The molecule has 21 heavy (non-hydrogen) atoms. The third-order valence-corrected chi connectivity index (χ3v) is 3.52. The lowest BCUT2D eigenvalue weighted by Crippen LogP contribution is -2.08. The van der Waals surface area contributed by atoms with E-state index >= 15 is 0 Å². The van der Waals surface area contributed by atoms with Gasteiger partial charge in [-0.15, -0.1) is 0 Å². The van der Waals surface area contributed by atoms with Crippen molar-refractivity contribution < 1.29 is 18.7 Å². The van der Waals surface area contributed by atoms with Crippen LogP contribution in [0.1, 0.15) is 15.9 Å². The Morgan fingerprint density at radius 1 is 1.05 bits per heavy atom. The molecule has 0 aliphatic carbocycles. The SMILES string of the molecule is COc1cc(Cl)c(C(=O)c2c(F)cccc2OC)cc1Cl. The average molecular weight is 329 g/mol. The molecule has 0 aromatic heterocycles. The van der Waals surface area contributed by atoms with Crippen LogP contribution in [0.15, 0.2) is 30.3 Å². The van der Waals surface area contributed by atoms with Crippen LogP contribution >= 0.6 is 23.2 Å². The lowest BCUT2D eigenvalue weighted by Gasteiger charge is -2.11. The van der Waals surface area contributed by atoms with Crippen LogP contribution in [0.4, 0.5) is 4.39 Å². The predicted molar refractivity (Wildman–Crippen MR) is 79.4 cm³/mol. The van der Waals surface area contributed by atoms with Crippen LogP contribution < -0.4 is 9.47 Å². The molecule has 2 aromatic rings. The number of ether oxygens (including phenoxy) is 2. The Bertz CT molecular complexity index is 702. The lowest BCUT2D eigenvalue weighted by molar-refractivity contribution is 0.103. The second kappa shape index (κ2) is 6.33. The van der Waals surface area contributed by atoms with Crippen molar-refractivity contribution in [3.63, 3.8) is 0 Å². The fourth-order valence-corrected chi connectivity index (χ4v) is 2.37. The van der Waals surface area contributed by atoms with Gasteiger partial charge in [-0.1, -0.05) is 29.3 Å². The Morgan fingerprint density at radius 2 is 1.71 bits per heavy atom. The van der Waals surface area contributed by atoms with Crippen molar-refractivity contribution in [3.8, 4) is 11.5 Å². The zero-order chi connectivity index (χ0) is 15.6. The van der Waals surface area contributed by atoms with E-state index in [2.05, 4.69) is 0 Å². The van der Waals surface area contributed by atoms with Gasteiger partial charge in [0.1, 0.15) is 22.9 Å². The summed E-state index contributed by atoms with van der Waals surface area (Å²) >= 11 is 12.0. The maximum atomic E-state index is 13.9. The minimum atomic E-state index is -0.692. The quantitative estimate of drug-likeness (QED) is 0.781. The minimum Gasteiger partial charge on any atom is -0.496 e. The molecule has 0 saturated carbocycles. The molecule has 0 aliphatic heterocycles. The molecule has 0 fully saturated rings. The molecule has 110 valence electrons. The van der Waals surface area contributed by atoms with E-state index in [0.717, 1.165) is 0 Å². The van der Waals surface area contributed by atoms with E-state index < -0.39 is 11.6 Å². The second-order valence-electron chi connectivity index (χ2n) is 4.11. The van der Waals surface area contributed by atoms with Gasteiger partial charge in [0.05, 0.1) is 24.3 Å². The van der Waals surface area contributed by atoms with E-state index in [4.69, 9.17) is 32.7 Å². The number of rotatable bonds is 4. The summed E-state index contributed by atoms with van der Waals surface area (Å²) in [6.45, 7) is 0. The molecule has 0 amide bonds. The number of benzene rings is 2. The third kappa shape index (κ3) is 2.96. The first-order chi connectivity index (χ1) is 9.99. The average Bonchev–Trinajstić information content (AvgIpc) is 2.48. The molecule has 0 N–H and O–H groups in total. The van der Waals surface area contributed by atoms with E-state index in [-0.39, 0.29) is 26.9 Å². The van der Waals surface area contributed by atoms with Gasteiger partial charge in [0.2, 0.25) is 5.78 Å². The topological polar surface area (TPSA) is 35.5 Å². The van der Waals surface area contributed by atoms with Crippen molar-refractivity contribution in [2.24, 2.45) is 0 Å². The molecule has 0 heterocycles. The summed E-state index contributed by atoms with van der Waals surface area (Å²) in [6, 6.07) is 6.87. The summed E-state index contributed by atoms with van der Waals surface area (Å²) in [7, 11) is 2.78. The van der Waals surface area contributed by atoms with Gasteiger partial charge >= 0.3 is 0 Å². The first-order valence-electron chi connectivity index (χ1n) is 5.89. The first-order valence-corrected chi connectivity index (χ1v) is 6.65. The number of methoxy groups -OCH3 is 2. The highest BCUT2D eigenvalue weighted by molar-refractivity contribution is 6.37. The Balaban J connectivity index is 2.58. The Morgan fingerprint density at radius 3 is 2.33 bits per heavy atom. The zero-order valence-corrected chi connectivity index (χ0v) is 12.8. The van der Waals surface area contributed by atoms with E-state index in [1.807, 2.05) is 0 Å². The fraction of sp³-hybridized carbons (Fsp3) is 0.133. The van der Waals surface area contributed by atoms with Crippen molar-refractivity contribution in [2.75, 3.05) is 14.2 Å². The van der Waals surface area contributed by atoms with Gasteiger partial charge in [-0.3, -0.25) is 4.79 Å². The monoisotopic (exact) mass is 328 g/mol. The van der Waals surface area contributed by atoms with Gasteiger partial charge in [0.15, 0.2) is 0 Å². The highest BCUT2D eigenvalue weighted by Crippen LogP contribution is 2.34. The maximum absolute atomic E-state index is 13.9. The molecule has 0 spiro atoms. The molecule has 2 aromatic carbocycles. The van der Waals surface area contributed by atoms with Crippen LogP contribution in [0.25, 0.3) is 0 Å². The fourth-order valence-electron chi connectivity index (χ4n) is 1.89. The molecule has 0 bridgehead atoms. The zero-order valence-electron chi connectivity index (χ0n) is 11.2. The van der Waals surface area contributed by atoms with E-state index in [1.54, 1.807) is 0 Å². The van der Waals surface area contributed by atoms with Crippen LogP contribution in [-0.2, 0) is 0 Å². The van der Waals surface area contributed by atoms with E-state index in [1.165, 1.54) is 44.6 Å². The maximum Gasteiger partial charge on any atom is 0.201 e. The summed E-state index contributed by atoms with van der Waals surface area (Å²) < 4.78 is 24.0. The molecule has 0 radical (unpaired) electrons. The molecule has 0 saturated heterocycles. The number of ketones is 1. The number of halogens is 3. The summed E-state index contributed by atoms with van der Waals surface area (Å²) in [4.78, 5) is 12.5. The van der Waals surface area contributed by atoms with Gasteiger partial charge < -0.3 is 9.47 Å². The summed E-state index contributed by atoms with van der Waals surface area (Å²) in [5.41, 5.74) is -0.117. The van der Waals surface area contributed by atoms with Crippen LogP contribution in [0.3, 0.4) is 0 Å². The Kier molecular flexibility index (Phi) is 4.70.